The van der Waals surface area contributed by atoms with Gasteiger partial charge >= 0.3 is 12.1 Å². The van der Waals surface area contributed by atoms with E-state index in [9.17, 15) is 9.59 Å². The third-order valence-corrected chi connectivity index (χ3v) is 2.98. The van der Waals surface area contributed by atoms with Crippen molar-refractivity contribution in [3.8, 4) is 5.75 Å². The molecule has 1 aliphatic heterocycles. The number of hydrogen-bond acceptors (Lipinski definition) is 3. The van der Waals surface area contributed by atoms with Crippen LogP contribution < -0.4 is 4.74 Å². The van der Waals surface area contributed by atoms with Crippen molar-refractivity contribution in [2.75, 3.05) is 13.1 Å². The predicted octanol–water partition coefficient (Wildman–Crippen LogP) is 1.98. The highest BCUT2D eigenvalue weighted by molar-refractivity contribution is 5.74. The number of aliphatic carboxylic acids is 1. The summed E-state index contributed by atoms with van der Waals surface area (Å²) in [5, 5.41) is 8.95. The number of benzene rings is 1. The van der Waals surface area contributed by atoms with Crippen molar-refractivity contribution < 1.29 is 19.4 Å². The van der Waals surface area contributed by atoms with Crippen molar-refractivity contribution in [1.82, 2.24) is 4.90 Å². The maximum absolute atomic E-state index is 11.8. The van der Waals surface area contributed by atoms with Crippen LogP contribution in [0, 0.1) is 5.92 Å². The molecule has 1 saturated heterocycles. The number of para-hydroxylation sites is 1. The van der Waals surface area contributed by atoms with Gasteiger partial charge in [0.1, 0.15) is 5.75 Å². The predicted molar refractivity (Wildman–Crippen MR) is 64.4 cm³/mol. The van der Waals surface area contributed by atoms with Crippen LogP contribution >= 0.6 is 0 Å². The van der Waals surface area contributed by atoms with Gasteiger partial charge < -0.3 is 14.7 Å². The Balaban J connectivity index is 1.95. The highest BCUT2D eigenvalue weighted by atomic mass is 16.6. The van der Waals surface area contributed by atoms with E-state index >= 15 is 0 Å². The van der Waals surface area contributed by atoms with Crippen LogP contribution in [0.1, 0.15) is 12.8 Å². The molecule has 1 atom stereocenters. The summed E-state index contributed by atoms with van der Waals surface area (Å²) in [5.41, 5.74) is 0. The zero-order valence-corrected chi connectivity index (χ0v) is 9.91. The maximum Gasteiger partial charge on any atom is 0.415 e. The Morgan fingerprint density at radius 3 is 2.67 bits per heavy atom. The second-order valence-electron chi connectivity index (χ2n) is 4.30. The van der Waals surface area contributed by atoms with E-state index in [0.29, 0.717) is 25.1 Å². The van der Waals surface area contributed by atoms with Gasteiger partial charge in [0.05, 0.1) is 5.92 Å². The lowest BCUT2D eigenvalue weighted by Crippen LogP contribution is -2.43. The summed E-state index contributed by atoms with van der Waals surface area (Å²) in [6.07, 6.45) is 0.831. The molecule has 5 nitrogen and oxygen atoms in total. The summed E-state index contributed by atoms with van der Waals surface area (Å²) in [4.78, 5) is 24.2. The molecule has 1 aliphatic rings. The van der Waals surface area contributed by atoms with Crippen LogP contribution in [0.4, 0.5) is 4.79 Å². The number of amides is 1. The number of ether oxygens (including phenoxy) is 1. The Labute approximate surface area is 105 Å². The first-order valence-electron chi connectivity index (χ1n) is 5.91. The van der Waals surface area contributed by atoms with Crippen LogP contribution in [0.5, 0.6) is 5.75 Å². The smallest absolute Gasteiger partial charge is 0.415 e. The molecule has 5 heteroatoms. The number of rotatable bonds is 2. The lowest BCUT2D eigenvalue weighted by molar-refractivity contribution is -0.143. The molecule has 18 heavy (non-hydrogen) atoms. The summed E-state index contributed by atoms with van der Waals surface area (Å²) < 4.78 is 5.18. The summed E-state index contributed by atoms with van der Waals surface area (Å²) in [5.74, 6) is -0.866. The molecule has 2 rings (SSSR count). The van der Waals surface area contributed by atoms with Crippen LogP contribution in [0.3, 0.4) is 0 Å². The highest BCUT2D eigenvalue weighted by Gasteiger charge is 2.29. The van der Waals surface area contributed by atoms with Gasteiger partial charge in [-0.25, -0.2) is 4.79 Å². The minimum atomic E-state index is -0.854. The monoisotopic (exact) mass is 249 g/mol. The molecule has 0 radical (unpaired) electrons. The Morgan fingerprint density at radius 2 is 2.00 bits per heavy atom. The van der Waals surface area contributed by atoms with E-state index in [0.717, 1.165) is 0 Å². The normalized spacial score (nSPS) is 19.3. The molecule has 1 heterocycles. The third kappa shape index (κ3) is 3.00. The quantitative estimate of drug-likeness (QED) is 0.870. The molecule has 1 aromatic carbocycles. The number of carbonyl (C=O) groups excluding carboxylic acids is 1. The Hall–Kier alpha value is -2.04. The summed E-state index contributed by atoms with van der Waals surface area (Å²) in [6.45, 7) is 0.774. The molecule has 1 amide bonds. The van der Waals surface area contributed by atoms with Crippen LogP contribution in [0.2, 0.25) is 0 Å². The number of hydrogen-bond donors (Lipinski definition) is 1. The molecule has 1 fully saturated rings. The minimum absolute atomic E-state index is 0.223. The van der Waals surface area contributed by atoms with E-state index < -0.39 is 18.0 Å². The van der Waals surface area contributed by atoms with Gasteiger partial charge in [0.25, 0.3) is 0 Å². The molecular formula is C13H15NO4. The molecule has 0 unspecified atom stereocenters. The first-order valence-corrected chi connectivity index (χ1v) is 5.91. The van der Waals surface area contributed by atoms with Crippen LogP contribution in [-0.2, 0) is 4.79 Å². The Bertz CT molecular complexity index is 432. The average Bonchev–Trinajstić information content (AvgIpc) is 2.40. The van der Waals surface area contributed by atoms with Crippen LogP contribution in [0.15, 0.2) is 30.3 Å². The van der Waals surface area contributed by atoms with E-state index in [-0.39, 0.29) is 6.54 Å². The third-order valence-electron chi connectivity index (χ3n) is 2.98. The largest absolute Gasteiger partial charge is 0.481 e. The van der Waals surface area contributed by atoms with Gasteiger partial charge in [-0.2, -0.15) is 0 Å². The summed E-state index contributed by atoms with van der Waals surface area (Å²) in [6, 6.07) is 8.77. The van der Waals surface area contributed by atoms with Gasteiger partial charge in [-0.1, -0.05) is 18.2 Å². The van der Waals surface area contributed by atoms with E-state index in [4.69, 9.17) is 9.84 Å². The molecule has 0 bridgehead atoms. The second kappa shape index (κ2) is 5.53. The maximum atomic E-state index is 11.8. The molecule has 0 saturated carbocycles. The number of likely N-dealkylation sites (tertiary alicyclic amines) is 1. The summed E-state index contributed by atoms with van der Waals surface area (Å²) in [7, 11) is 0. The molecule has 0 aliphatic carbocycles. The van der Waals surface area contributed by atoms with E-state index in [1.54, 1.807) is 24.3 Å². The number of carbonyl (C=O) groups is 2. The van der Waals surface area contributed by atoms with Gasteiger partial charge in [0.2, 0.25) is 0 Å². The van der Waals surface area contributed by atoms with Crippen molar-refractivity contribution in [3.63, 3.8) is 0 Å². The van der Waals surface area contributed by atoms with Crippen molar-refractivity contribution in [3.05, 3.63) is 30.3 Å². The zero-order chi connectivity index (χ0) is 13.0. The van der Waals surface area contributed by atoms with E-state index in [1.807, 2.05) is 6.07 Å². The van der Waals surface area contributed by atoms with Gasteiger partial charge in [-0.3, -0.25) is 4.79 Å². The first kappa shape index (κ1) is 12.4. The fourth-order valence-electron chi connectivity index (χ4n) is 2.00. The molecule has 0 aromatic heterocycles. The minimum Gasteiger partial charge on any atom is -0.481 e. The van der Waals surface area contributed by atoms with Gasteiger partial charge in [0.15, 0.2) is 0 Å². The molecule has 1 N–H and O–H groups in total. The average molecular weight is 249 g/mol. The van der Waals surface area contributed by atoms with Crippen molar-refractivity contribution in [2.24, 2.45) is 5.92 Å². The number of nitrogens with zero attached hydrogens (tertiary/aromatic N) is 1. The molecule has 0 spiro atoms. The van der Waals surface area contributed by atoms with E-state index in [1.165, 1.54) is 4.90 Å². The molecular weight excluding hydrogens is 234 g/mol. The van der Waals surface area contributed by atoms with Crippen LogP contribution in [0.25, 0.3) is 0 Å². The van der Waals surface area contributed by atoms with Gasteiger partial charge in [0, 0.05) is 13.1 Å². The Morgan fingerprint density at radius 1 is 1.28 bits per heavy atom. The lowest BCUT2D eigenvalue weighted by atomic mass is 9.99. The fraction of sp³-hybridized carbons (Fsp3) is 0.385. The highest BCUT2D eigenvalue weighted by Crippen LogP contribution is 2.18. The number of carboxylic acid groups (broad SMARTS) is 1. The van der Waals surface area contributed by atoms with Gasteiger partial charge in [-0.05, 0) is 25.0 Å². The topological polar surface area (TPSA) is 66.8 Å². The van der Waals surface area contributed by atoms with Crippen LogP contribution in [-0.4, -0.2) is 35.2 Å². The van der Waals surface area contributed by atoms with Gasteiger partial charge in [-0.15, -0.1) is 0 Å². The summed E-state index contributed by atoms with van der Waals surface area (Å²) >= 11 is 0. The number of piperidine rings is 1. The first-order chi connectivity index (χ1) is 8.66. The van der Waals surface area contributed by atoms with Crippen molar-refractivity contribution in [2.45, 2.75) is 12.8 Å². The lowest BCUT2D eigenvalue weighted by Gasteiger charge is -2.29. The Kier molecular flexibility index (Phi) is 3.82. The van der Waals surface area contributed by atoms with E-state index in [2.05, 4.69) is 0 Å². The van der Waals surface area contributed by atoms with Crippen molar-refractivity contribution >= 4 is 12.1 Å². The second-order valence-corrected chi connectivity index (χ2v) is 4.30. The zero-order valence-electron chi connectivity index (χ0n) is 9.91. The SMILES string of the molecule is O=C(O)[C@@H]1CCCN(C(=O)Oc2ccccc2)C1. The standard InChI is InChI=1S/C13H15NO4/c15-12(16)10-5-4-8-14(9-10)13(17)18-11-6-2-1-3-7-11/h1-3,6-7,10H,4-5,8-9H2,(H,15,16)/t10-/m1/s1. The molecule has 96 valence electrons. The van der Waals surface area contributed by atoms with Crippen molar-refractivity contribution in [1.29, 1.82) is 0 Å². The fourth-order valence-corrected chi connectivity index (χ4v) is 2.00. The molecule has 1 aromatic rings. The number of carboxylic acids is 1.